The van der Waals surface area contributed by atoms with Crippen LogP contribution in [0.2, 0.25) is 0 Å². The number of aromatic nitrogens is 1. The molecule has 1 heterocycles. The van der Waals surface area contributed by atoms with Crippen LogP contribution < -0.4 is 5.32 Å². The molecule has 0 aliphatic rings. The van der Waals surface area contributed by atoms with E-state index in [0.717, 1.165) is 0 Å². The molecule has 0 aliphatic heterocycles. The Hall–Kier alpha value is -0.940. The van der Waals surface area contributed by atoms with Gasteiger partial charge < -0.3 is 10.4 Å². The second kappa shape index (κ2) is 5.07. The molecule has 1 atom stereocenters. The van der Waals surface area contributed by atoms with Crippen molar-refractivity contribution in [2.24, 2.45) is 0 Å². The summed E-state index contributed by atoms with van der Waals surface area (Å²) in [6, 6.07) is 3.00. The number of amides is 1. The summed E-state index contributed by atoms with van der Waals surface area (Å²) in [5.41, 5.74) is 0.521. The van der Waals surface area contributed by atoms with Gasteiger partial charge in [-0.3, -0.25) is 4.79 Å². The number of nitrogens with one attached hydrogen (secondary N) is 1. The van der Waals surface area contributed by atoms with Crippen molar-refractivity contribution in [3.8, 4) is 0 Å². The standard InChI is InChI=1S/C9H11BrN2O2/c1-6(5-13)12-9(14)7-2-3-11-8(10)4-7/h2-4,6,13H,5H2,1H3,(H,12,14)/t6-/m1/s1. The smallest absolute Gasteiger partial charge is 0.251 e. The lowest BCUT2D eigenvalue weighted by atomic mass is 10.2. The Labute approximate surface area is 90.5 Å². The number of pyridine rings is 1. The zero-order valence-corrected chi connectivity index (χ0v) is 9.28. The van der Waals surface area contributed by atoms with Gasteiger partial charge in [-0.15, -0.1) is 0 Å². The molecule has 1 amide bonds. The van der Waals surface area contributed by atoms with E-state index in [1.54, 1.807) is 25.3 Å². The van der Waals surface area contributed by atoms with Crippen LogP contribution in [0.25, 0.3) is 0 Å². The molecule has 14 heavy (non-hydrogen) atoms. The van der Waals surface area contributed by atoms with E-state index in [9.17, 15) is 4.79 Å². The second-order valence-electron chi connectivity index (χ2n) is 2.92. The molecule has 0 aliphatic carbocycles. The van der Waals surface area contributed by atoms with Crippen LogP contribution in [0.15, 0.2) is 22.9 Å². The maximum absolute atomic E-state index is 11.5. The topological polar surface area (TPSA) is 62.2 Å². The number of hydrogen-bond donors (Lipinski definition) is 2. The van der Waals surface area contributed by atoms with Crippen molar-refractivity contribution >= 4 is 21.8 Å². The normalized spacial score (nSPS) is 12.2. The van der Waals surface area contributed by atoms with Gasteiger partial charge in [0.15, 0.2) is 0 Å². The largest absolute Gasteiger partial charge is 0.394 e. The molecule has 0 aromatic carbocycles. The monoisotopic (exact) mass is 258 g/mol. The van der Waals surface area contributed by atoms with Gasteiger partial charge in [-0.05, 0) is 35.0 Å². The van der Waals surface area contributed by atoms with Gasteiger partial charge in [0, 0.05) is 17.8 Å². The molecule has 1 aromatic heterocycles. The summed E-state index contributed by atoms with van der Waals surface area (Å²) in [6.07, 6.45) is 1.54. The Morgan fingerprint density at radius 1 is 1.79 bits per heavy atom. The number of rotatable bonds is 3. The minimum atomic E-state index is -0.241. The van der Waals surface area contributed by atoms with Crippen LogP contribution in [0.3, 0.4) is 0 Å². The quantitative estimate of drug-likeness (QED) is 0.794. The fourth-order valence-corrected chi connectivity index (χ4v) is 1.26. The van der Waals surface area contributed by atoms with Gasteiger partial charge >= 0.3 is 0 Å². The highest BCUT2D eigenvalue weighted by Gasteiger charge is 2.08. The number of halogens is 1. The van der Waals surface area contributed by atoms with Crippen LogP contribution in [0, 0.1) is 0 Å². The summed E-state index contributed by atoms with van der Waals surface area (Å²) in [4.78, 5) is 15.4. The summed E-state index contributed by atoms with van der Waals surface area (Å²) in [7, 11) is 0. The lowest BCUT2D eigenvalue weighted by molar-refractivity contribution is 0.0922. The lowest BCUT2D eigenvalue weighted by Gasteiger charge is -2.10. The lowest BCUT2D eigenvalue weighted by Crippen LogP contribution is -2.34. The summed E-state index contributed by atoms with van der Waals surface area (Å²) in [5.74, 6) is -0.213. The Morgan fingerprint density at radius 2 is 2.50 bits per heavy atom. The van der Waals surface area contributed by atoms with Crippen LogP contribution in [0.5, 0.6) is 0 Å². The first kappa shape index (κ1) is 11.1. The molecular weight excluding hydrogens is 248 g/mol. The predicted octanol–water partition coefficient (Wildman–Crippen LogP) is 0.955. The third-order valence-electron chi connectivity index (χ3n) is 1.64. The average Bonchev–Trinajstić information content (AvgIpc) is 2.17. The van der Waals surface area contributed by atoms with Gasteiger partial charge in [-0.1, -0.05) is 0 Å². The molecule has 76 valence electrons. The van der Waals surface area contributed by atoms with Gasteiger partial charge in [0.2, 0.25) is 0 Å². The Morgan fingerprint density at radius 3 is 3.07 bits per heavy atom. The van der Waals surface area contributed by atoms with Crippen LogP contribution in [-0.4, -0.2) is 28.6 Å². The van der Waals surface area contributed by atoms with Gasteiger partial charge in [0.25, 0.3) is 5.91 Å². The van der Waals surface area contributed by atoms with Gasteiger partial charge in [0.1, 0.15) is 4.60 Å². The Balaban J connectivity index is 2.70. The van der Waals surface area contributed by atoms with Crippen molar-refractivity contribution in [1.29, 1.82) is 0 Å². The zero-order valence-electron chi connectivity index (χ0n) is 7.70. The molecule has 1 rings (SSSR count). The minimum absolute atomic E-state index is 0.0714. The molecule has 0 spiro atoms. The van der Waals surface area contributed by atoms with Crippen LogP contribution in [0.1, 0.15) is 17.3 Å². The summed E-state index contributed by atoms with van der Waals surface area (Å²) in [5, 5.41) is 11.4. The summed E-state index contributed by atoms with van der Waals surface area (Å²) in [6.45, 7) is 1.66. The third-order valence-corrected chi connectivity index (χ3v) is 2.07. The van der Waals surface area contributed by atoms with Gasteiger partial charge in [-0.2, -0.15) is 0 Å². The SMILES string of the molecule is C[C@H](CO)NC(=O)c1ccnc(Br)c1. The number of hydrogen-bond acceptors (Lipinski definition) is 3. The number of aliphatic hydroxyl groups is 1. The fraction of sp³-hybridized carbons (Fsp3) is 0.333. The van der Waals surface area contributed by atoms with E-state index in [4.69, 9.17) is 5.11 Å². The minimum Gasteiger partial charge on any atom is -0.394 e. The van der Waals surface area contributed by atoms with Crippen molar-refractivity contribution in [2.75, 3.05) is 6.61 Å². The van der Waals surface area contributed by atoms with E-state index in [0.29, 0.717) is 10.2 Å². The van der Waals surface area contributed by atoms with Crippen molar-refractivity contribution < 1.29 is 9.90 Å². The first-order valence-electron chi connectivity index (χ1n) is 4.16. The first-order valence-corrected chi connectivity index (χ1v) is 4.96. The zero-order chi connectivity index (χ0) is 10.6. The van der Waals surface area contributed by atoms with E-state index in [2.05, 4.69) is 26.2 Å². The van der Waals surface area contributed by atoms with Crippen LogP contribution in [-0.2, 0) is 0 Å². The van der Waals surface area contributed by atoms with E-state index < -0.39 is 0 Å². The summed E-state index contributed by atoms with van der Waals surface area (Å²) < 4.78 is 0.613. The molecule has 0 unspecified atom stereocenters. The number of carbonyl (C=O) groups is 1. The second-order valence-corrected chi connectivity index (χ2v) is 3.74. The molecule has 0 bridgehead atoms. The van der Waals surface area contributed by atoms with E-state index in [-0.39, 0.29) is 18.6 Å². The molecule has 1 aromatic rings. The first-order chi connectivity index (χ1) is 6.63. The van der Waals surface area contributed by atoms with E-state index >= 15 is 0 Å². The average molecular weight is 259 g/mol. The number of aliphatic hydroxyl groups excluding tert-OH is 1. The van der Waals surface area contributed by atoms with Gasteiger partial charge in [-0.25, -0.2) is 4.98 Å². The fourth-order valence-electron chi connectivity index (χ4n) is 0.896. The van der Waals surface area contributed by atoms with E-state index in [1.165, 1.54) is 0 Å². The van der Waals surface area contributed by atoms with Gasteiger partial charge in [0.05, 0.1) is 6.61 Å². The van der Waals surface area contributed by atoms with Crippen molar-refractivity contribution in [3.05, 3.63) is 28.5 Å². The van der Waals surface area contributed by atoms with Crippen molar-refractivity contribution in [3.63, 3.8) is 0 Å². The Bertz CT molecular complexity index is 330. The molecular formula is C9H11BrN2O2. The van der Waals surface area contributed by atoms with Crippen LogP contribution in [0.4, 0.5) is 0 Å². The van der Waals surface area contributed by atoms with Crippen molar-refractivity contribution in [1.82, 2.24) is 10.3 Å². The van der Waals surface area contributed by atoms with Crippen LogP contribution >= 0.6 is 15.9 Å². The molecule has 0 saturated heterocycles. The maximum atomic E-state index is 11.5. The Kier molecular flexibility index (Phi) is 4.03. The highest BCUT2D eigenvalue weighted by molar-refractivity contribution is 9.10. The van der Waals surface area contributed by atoms with Crippen molar-refractivity contribution in [2.45, 2.75) is 13.0 Å². The highest BCUT2D eigenvalue weighted by atomic mass is 79.9. The number of carbonyl (C=O) groups excluding carboxylic acids is 1. The molecule has 4 nitrogen and oxygen atoms in total. The molecule has 2 N–H and O–H groups in total. The predicted molar refractivity (Wildman–Crippen MR) is 56.0 cm³/mol. The number of nitrogens with zero attached hydrogens (tertiary/aromatic N) is 1. The van der Waals surface area contributed by atoms with E-state index in [1.807, 2.05) is 0 Å². The summed E-state index contributed by atoms with van der Waals surface area (Å²) >= 11 is 3.17. The molecule has 0 saturated carbocycles. The molecule has 5 heteroatoms. The molecule has 0 fully saturated rings. The maximum Gasteiger partial charge on any atom is 0.251 e. The molecule has 0 radical (unpaired) electrons. The highest BCUT2D eigenvalue weighted by Crippen LogP contribution is 2.07. The third kappa shape index (κ3) is 3.08.